The smallest absolute Gasteiger partial charge is 0.0508 e. The number of hydrogen-bond donors (Lipinski definition) is 1. The molecule has 2 rings (SSSR count). The summed E-state index contributed by atoms with van der Waals surface area (Å²) in [6.45, 7) is 3.08. The highest BCUT2D eigenvalue weighted by atomic mass is 16.5. The maximum absolute atomic E-state index is 5.66. The molecule has 1 unspecified atom stereocenters. The van der Waals surface area contributed by atoms with E-state index in [0.29, 0.717) is 5.92 Å². The standard InChI is InChI=1S/C12H18N2O/c1-15-9-10-6-7-14(8-10)12-4-2-11(13)3-5-12/h2-5,10H,6-9,13H2,1H3. The van der Waals surface area contributed by atoms with Gasteiger partial charge in [-0.2, -0.15) is 0 Å². The van der Waals surface area contributed by atoms with E-state index in [1.165, 1.54) is 12.1 Å². The zero-order valence-electron chi connectivity index (χ0n) is 9.15. The fourth-order valence-electron chi connectivity index (χ4n) is 2.12. The minimum absolute atomic E-state index is 0.674. The summed E-state index contributed by atoms with van der Waals surface area (Å²) in [5.41, 5.74) is 7.75. The van der Waals surface area contributed by atoms with E-state index in [0.717, 1.165) is 25.4 Å². The number of anilines is 2. The Bertz CT molecular complexity index is 310. The van der Waals surface area contributed by atoms with Crippen molar-refractivity contribution in [2.45, 2.75) is 6.42 Å². The molecule has 1 aliphatic rings. The van der Waals surface area contributed by atoms with Gasteiger partial charge in [-0.1, -0.05) is 0 Å². The number of ether oxygens (including phenoxy) is 1. The second-order valence-corrected chi connectivity index (χ2v) is 4.15. The molecule has 0 saturated carbocycles. The normalized spacial score (nSPS) is 20.9. The SMILES string of the molecule is COCC1CCN(c2ccc(N)cc2)C1. The quantitative estimate of drug-likeness (QED) is 0.766. The Kier molecular flexibility index (Phi) is 3.11. The number of benzene rings is 1. The zero-order chi connectivity index (χ0) is 10.7. The topological polar surface area (TPSA) is 38.5 Å². The van der Waals surface area contributed by atoms with Gasteiger partial charge >= 0.3 is 0 Å². The Labute approximate surface area is 90.8 Å². The Hall–Kier alpha value is -1.22. The van der Waals surface area contributed by atoms with Gasteiger partial charge in [-0.15, -0.1) is 0 Å². The third-order valence-corrected chi connectivity index (χ3v) is 2.95. The van der Waals surface area contributed by atoms with Crippen LogP contribution in [-0.2, 0) is 4.74 Å². The monoisotopic (exact) mass is 206 g/mol. The fraction of sp³-hybridized carbons (Fsp3) is 0.500. The van der Waals surface area contributed by atoms with Crippen molar-refractivity contribution in [3.8, 4) is 0 Å². The highest BCUT2D eigenvalue weighted by Crippen LogP contribution is 2.24. The molecule has 1 aromatic carbocycles. The summed E-state index contributed by atoms with van der Waals surface area (Å²) in [4.78, 5) is 2.39. The molecule has 0 aromatic heterocycles. The molecule has 1 saturated heterocycles. The molecule has 3 nitrogen and oxygen atoms in total. The molecular formula is C12H18N2O. The summed E-state index contributed by atoms with van der Waals surface area (Å²) < 4.78 is 5.18. The van der Waals surface area contributed by atoms with Crippen LogP contribution in [0.1, 0.15) is 6.42 Å². The van der Waals surface area contributed by atoms with E-state index in [9.17, 15) is 0 Å². The van der Waals surface area contributed by atoms with Gasteiger partial charge in [-0.3, -0.25) is 0 Å². The summed E-state index contributed by atoms with van der Waals surface area (Å²) in [6.07, 6.45) is 1.22. The van der Waals surface area contributed by atoms with E-state index >= 15 is 0 Å². The van der Waals surface area contributed by atoms with Crippen LogP contribution in [0.4, 0.5) is 11.4 Å². The first-order chi connectivity index (χ1) is 7.29. The Balaban J connectivity index is 1.98. The maximum Gasteiger partial charge on any atom is 0.0508 e. The Morgan fingerprint density at radius 2 is 2.13 bits per heavy atom. The molecule has 3 heteroatoms. The number of methoxy groups -OCH3 is 1. The molecule has 0 aliphatic carbocycles. The number of hydrogen-bond acceptors (Lipinski definition) is 3. The number of rotatable bonds is 3. The van der Waals surface area contributed by atoms with Crippen molar-refractivity contribution in [3.05, 3.63) is 24.3 Å². The summed E-state index contributed by atoms with van der Waals surface area (Å²) in [7, 11) is 1.77. The predicted molar refractivity (Wildman–Crippen MR) is 63.1 cm³/mol. The lowest BCUT2D eigenvalue weighted by molar-refractivity contribution is 0.161. The van der Waals surface area contributed by atoms with E-state index in [1.807, 2.05) is 12.1 Å². The summed E-state index contributed by atoms with van der Waals surface area (Å²) in [5.74, 6) is 0.674. The average molecular weight is 206 g/mol. The molecule has 1 aliphatic heterocycles. The Morgan fingerprint density at radius 1 is 1.40 bits per heavy atom. The van der Waals surface area contributed by atoms with Crippen molar-refractivity contribution in [2.24, 2.45) is 5.92 Å². The molecule has 82 valence electrons. The minimum atomic E-state index is 0.674. The molecule has 0 bridgehead atoms. The van der Waals surface area contributed by atoms with Gasteiger partial charge in [0.1, 0.15) is 0 Å². The van der Waals surface area contributed by atoms with Gasteiger partial charge in [0.15, 0.2) is 0 Å². The van der Waals surface area contributed by atoms with Crippen LogP contribution in [0, 0.1) is 5.92 Å². The number of nitrogens with zero attached hydrogens (tertiary/aromatic N) is 1. The van der Waals surface area contributed by atoms with Gasteiger partial charge in [0.25, 0.3) is 0 Å². The molecule has 1 atom stereocenters. The van der Waals surface area contributed by atoms with E-state index in [2.05, 4.69) is 17.0 Å². The van der Waals surface area contributed by atoms with Crippen molar-refractivity contribution in [1.82, 2.24) is 0 Å². The first-order valence-corrected chi connectivity index (χ1v) is 5.39. The summed E-state index contributed by atoms with van der Waals surface area (Å²) in [5, 5.41) is 0. The van der Waals surface area contributed by atoms with Crippen molar-refractivity contribution >= 4 is 11.4 Å². The molecule has 0 spiro atoms. The van der Waals surface area contributed by atoms with Crippen LogP contribution in [0.2, 0.25) is 0 Å². The van der Waals surface area contributed by atoms with Crippen LogP contribution in [0.15, 0.2) is 24.3 Å². The maximum atomic E-state index is 5.66. The van der Waals surface area contributed by atoms with Gasteiger partial charge < -0.3 is 15.4 Å². The van der Waals surface area contributed by atoms with E-state index in [-0.39, 0.29) is 0 Å². The molecule has 2 N–H and O–H groups in total. The van der Waals surface area contributed by atoms with Crippen LogP contribution < -0.4 is 10.6 Å². The van der Waals surface area contributed by atoms with E-state index in [1.54, 1.807) is 7.11 Å². The van der Waals surface area contributed by atoms with Crippen LogP contribution >= 0.6 is 0 Å². The van der Waals surface area contributed by atoms with Crippen molar-refractivity contribution < 1.29 is 4.74 Å². The highest BCUT2D eigenvalue weighted by molar-refractivity contribution is 5.53. The second-order valence-electron chi connectivity index (χ2n) is 4.15. The number of nitrogens with two attached hydrogens (primary N) is 1. The van der Waals surface area contributed by atoms with E-state index in [4.69, 9.17) is 10.5 Å². The van der Waals surface area contributed by atoms with Gasteiger partial charge in [0.05, 0.1) is 6.61 Å². The first kappa shape index (κ1) is 10.3. The number of nitrogen functional groups attached to an aromatic ring is 1. The van der Waals surface area contributed by atoms with Gasteiger partial charge in [-0.25, -0.2) is 0 Å². The van der Waals surface area contributed by atoms with Crippen LogP contribution in [0.5, 0.6) is 0 Å². The molecule has 0 amide bonds. The predicted octanol–water partition coefficient (Wildman–Crippen LogP) is 1.74. The molecule has 15 heavy (non-hydrogen) atoms. The zero-order valence-corrected chi connectivity index (χ0v) is 9.15. The lowest BCUT2D eigenvalue weighted by Gasteiger charge is -2.18. The first-order valence-electron chi connectivity index (χ1n) is 5.39. The van der Waals surface area contributed by atoms with Crippen molar-refractivity contribution in [1.29, 1.82) is 0 Å². The van der Waals surface area contributed by atoms with Crippen LogP contribution in [-0.4, -0.2) is 26.8 Å². The third-order valence-electron chi connectivity index (χ3n) is 2.95. The Morgan fingerprint density at radius 3 is 2.80 bits per heavy atom. The van der Waals surface area contributed by atoms with Gasteiger partial charge in [0, 0.05) is 37.5 Å². The van der Waals surface area contributed by atoms with E-state index < -0.39 is 0 Å². The fourth-order valence-corrected chi connectivity index (χ4v) is 2.12. The van der Waals surface area contributed by atoms with Gasteiger partial charge in [-0.05, 0) is 30.7 Å². The second kappa shape index (κ2) is 4.53. The molecule has 0 radical (unpaired) electrons. The molecule has 1 fully saturated rings. The lowest BCUT2D eigenvalue weighted by atomic mass is 10.1. The highest BCUT2D eigenvalue weighted by Gasteiger charge is 2.22. The lowest BCUT2D eigenvalue weighted by Crippen LogP contribution is -2.20. The summed E-state index contributed by atoms with van der Waals surface area (Å²) in [6, 6.07) is 8.09. The van der Waals surface area contributed by atoms with Crippen molar-refractivity contribution in [3.63, 3.8) is 0 Å². The van der Waals surface area contributed by atoms with Crippen LogP contribution in [0.3, 0.4) is 0 Å². The van der Waals surface area contributed by atoms with Gasteiger partial charge in [0.2, 0.25) is 0 Å². The van der Waals surface area contributed by atoms with Crippen molar-refractivity contribution in [2.75, 3.05) is 37.4 Å². The summed E-state index contributed by atoms with van der Waals surface area (Å²) >= 11 is 0. The van der Waals surface area contributed by atoms with Crippen LogP contribution in [0.25, 0.3) is 0 Å². The molecule has 1 heterocycles. The minimum Gasteiger partial charge on any atom is -0.399 e. The largest absolute Gasteiger partial charge is 0.399 e. The third kappa shape index (κ3) is 2.42. The molecular weight excluding hydrogens is 188 g/mol. The average Bonchev–Trinajstić information content (AvgIpc) is 2.68. The molecule has 1 aromatic rings.